The number of rotatable bonds is 6. The van der Waals surface area contributed by atoms with Gasteiger partial charge in [0.25, 0.3) is 0 Å². The number of aliphatic hydroxyl groups is 2. The lowest BCUT2D eigenvalue weighted by atomic mass is 9.58. The summed E-state index contributed by atoms with van der Waals surface area (Å²) >= 11 is 0. The Labute approximate surface area is 214 Å². The van der Waals surface area contributed by atoms with Crippen molar-refractivity contribution in [2.75, 3.05) is 0 Å². The highest BCUT2D eigenvalue weighted by molar-refractivity contribution is 5.24. The zero-order chi connectivity index (χ0) is 25.1. The van der Waals surface area contributed by atoms with Crippen LogP contribution < -0.4 is 0 Å². The number of nitriles is 1. The molecule has 5 aliphatic rings. The topological polar surface area (TPSA) is 64.2 Å². The molecule has 4 fully saturated rings. The molecule has 0 spiro atoms. The third kappa shape index (κ3) is 4.14. The Hall–Kier alpha value is -0.850. The van der Waals surface area contributed by atoms with Crippen LogP contribution in [-0.2, 0) is 0 Å². The Morgan fingerprint density at radius 3 is 2.51 bits per heavy atom. The molecule has 196 valence electrons. The molecule has 0 unspecified atom stereocenters. The Kier molecular flexibility index (Phi) is 6.75. The molecular weight excluding hydrogens is 430 g/mol. The minimum absolute atomic E-state index is 0.282. The molecule has 0 amide bonds. The van der Waals surface area contributed by atoms with Crippen molar-refractivity contribution in [3.8, 4) is 6.07 Å². The van der Waals surface area contributed by atoms with Crippen molar-refractivity contribution < 1.29 is 10.2 Å². The summed E-state index contributed by atoms with van der Waals surface area (Å²) in [6, 6.07) is 2.46. The van der Waals surface area contributed by atoms with E-state index < -0.39 is 17.1 Å². The second-order valence-corrected chi connectivity index (χ2v) is 14.4. The van der Waals surface area contributed by atoms with E-state index in [2.05, 4.69) is 39.8 Å². The molecule has 5 aliphatic carbocycles. The maximum absolute atomic E-state index is 11.1. The lowest BCUT2D eigenvalue weighted by Gasteiger charge is -2.48. The van der Waals surface area contributed by atoms with Crippen LogP contribution in [0.4, 0.5) is 0 Å². The third-order valence-corrected chi connectivity index (χ3v) is 12.9. The van der Waals surface area contributed by atoms with E-state index in [1.54, 1.807) is 5.57 Å². The maximum Gasteiger partial charge on any atom is 0.0832 e. The zero-order valence-electron chi connectivity index (χ0n) is 23.0. The van der Waals surface area contributed by atoms with Gasteiger partial charge in [-0.15, -0.1) is 0 Å². The Balaban J connectivity index is 1.31. The summed E-state index contributed by atoms with van der Waals surface area (Å²) in [4.78, 5) is 0. The number of aliphatic hydroxyl groups excluding tert-OH is 1. The summed E-state index contributed by atoms with van der Waals surface area (Å²) in [5.74, 6) is 3.72. The van der Waals surface area contributed by atoms with Crippen LogP contribution in [0.5, 0.6) is 0 Å². The van der Waals surface area contributed by atoms with Gasteiger partial charge in [0.15, 0.2) is 0 Å². The molecule has 0 aromatic carbocycles. The SMILES string of the molecule is CC[C@]1(O)CC[C@@]2(C)C(=CC[C@@H]3C[C@@H]2CC[C@]2(C)[C@@H]([C@H](C)CC[C@@H](O)C4(C#N)CCC4)CC[C@@H]32)C1. The molecule has 3 heteroatoms. The van der Waals surface area contributed by atoms with Crippen molar-refractivity contribution in [3.63, 3.8) is 0 Å². The molecule has 5 rings (SSSR count). The normalized spacial score (nSPS) is 46.0. The Bertz CT molecular complexity index is 869. The van der Waals surface area contributed by atoms with E-state index >= 15 is 0 Å². The molecule has 35 heavy (non-hydrogen) atoms. The number of nitrogens with zero attached hydrogens (tertiary/aromatic N) is 1. The molecule has 0 radical (unpaired) electrons. The van der Waals surface area contributed by atoms with Crippen molar-refractivity contribution in [1.29, 1.82) is 5.26 Å². The van der Waals surface area contributed by atoms with Gasteiger partial charge >= 0.3 is 0 Å². The molecule has 9 atom stereocenters. The van der Waals surface area contributed by atoms with Crippen molar-refractivity contribution in [1.82, 2.24) is 0 Å². The third-order valence-electron chi connectivity index (χ3n) is 12.9. The average molecular weight is 482 g/mol. The van der Waals surface area contributed by atoms with Gasteiger partial charge in [0.2, 0.25) is 0 Å². The molecule has 2 N–H and O–H groups in total. The minimum Gasteiger partial charge on any atom is -0.391 e. The van der Waals surface area contributed by atoms with Gasteiger partial charge in [-0.25, -0.2) is 0 Å². The largest absolute Gasteiger partial charge is 0.391 e. The highest BCUT2D eigenvalue weighted by Crippen LogP contribution is 2.65. The summed E-state index contributed by atoms with van der Waals surface area (Å²) in [7, 11) is 0. The zero-order valence-corrected chi connectivity index (χ0v) is 23.0. The monoisotopic (exact) mass is 481 g/mol. The van der Waals surface area contributed by atoms with E-state index in [0.717, 1.165) is 81.5 Å². The van der Waals surface area contributed by atoms with Gasteiger partial charge < -0.3 is 10.2 Å². The standard InChI is InChI=1S/C32H51NO2/c1-5-32(35)18-17-29(3)24-13-16-30(4)26(10-11-27(30)23(19-24)8-9-25(29)20-32)22(2)7-12-28(34)31(21-33)14-6-15-31/h9,22-24,26-28,34-35H,5-8,10-20H2,1-4H3/t22-,23-,24+,26-,27+,28-,29-,30-,32+/m1/s1. The number of hydrogen-bond donors (Lipinski definition) is 2. The van der Waals surface area contributed by atoms with Gasteiger partial charge in [0, 0.05) is 0 Å². The maximum atomic E-state index is 11.1. The summed E-state index contributed by atoms with van der Waals surface area (Å²) in [5, 5.41) is 31.6. The minimum atomic E-state index is -0.476. The number of fused-ring (bicyclic) bond motifs is 6. The quantitative estimate of drug-likeness (QED) is 0.385. The molecule has 0 aliphatic heterocycles. The number of hydrogen-bond acceptors (Lipinski definition) is 3. The molecule has 0 aromatic rings. The Morgan fingerprint density at radius 2 is 1.86 bits per heavy atom. The van der Waals surface area contributed by atoms with Crippen LogP contribution in [0.25, 0.3) is 0 Å². The van der Waals surface area contributed by atoms with Gasteiger partial charge in [-0.1, -0.05) is 45.8 Å². The summed E-state index contributed by atoms with van der Waals surface area (Å²) in [6.45, 7) is 9.77. The van der Waals surface area contributed by atoms with E-state index in [0.29, 0.717) is 11.3 Å². The molecule has 0 heterocycles. The highest BCUT2D eigenvalue weighted by atomic mass is 16.3. The Morgan fingerprint density at radius 1 is 1.09 bits per heavy atom. The first-order chi connectivity index (χ1) is 16.6. The average Bonchev–Trinajstić information content (AvgIpc) is 2.99. The van der Waals surface area contributed by atoms with Gasteiger partial charge in [-0.3, -0.25) is 0 Å². The van der Waals surface area contributed by atoms with E-state index in [9.17, 15) is 15.5 Å². The highest BCUT2D eigenvalue weighted by Gasteiger charge is 2.56. The lowest BCUT2D eigenvalue weighted by Crippen LogP contribution is -2.42. The second kappa shape index (κ2) is 9.16. The van der Waals surface area contributed by atoms with E-state index in [-0.39, 0.29) is 5.41 Å². The second-order valence-electron chi connectivity index (χ2n) is 14.4. The molecular formula is C32H51NO2. The molecule has 4 saturated carbocycles. The van der Waals surface area contributed by atoms with Crippen LogP contribution in [-0.4, -0.2) is 21.9 Å². The van der Waals surface area contributed by atoms with Crippen LogP contribution in [0.3, 0.4) is 0 Å². The van der Waals surface area contributed by atoms with E-state index in [1.807, 2.05) is 0 Å². The van der Waals surface area contributed by atoms with Crippen molar-refractivity contribution in [2.45, 2.75) is 136 Å². The molecule has 0 aromatic heterocycles. The van der Waals surface area contributed by atoms with Gasteiger partial charge in [0.05, 0.1) is 23.2 Å². The van der Waals surface area contributed by atoms with Crippen molar-refractivity contribution in [3.05, 3.63) is 11.6 Å². The number of allylic oxidation sites excluding steroid dienone is 1. The van der Waals surface area contributed by atoms with Crippen molar-refractivity contribution in [2.24, 2.45) is 45.8 Å². The van der Waals surface area contributed by atoms with Crippen LogP contribution in [0, 0.1) is 57.2 Å². The first kappa shape index (κ1) is 25.8. The molecule has 3 nitrogen and oxygen atoms in total. The fraction of sp³-hybridized carbons (Fsp3) is 0.906. The molecule has 2 bridgehead atoms. The van der Waals surface area contributed by atoms with Crippen LogP contribution >= 0.6 is 0 Å². The van der Waals surface area contributed by atoms with Gasteiger partial charge in [-0.05, 0) is 130 Å². The summed E-state index contributed by atoms with van der Waals surface area (Å²) in [6.07, 6.45) is 18.8. The van der Waals surface area contributed by atoms with Crippen LogP contribution in [0.15, 0.2) is 11.6 Å². The smallest absolute Gasteiger partial charge is 0.0832 e. The van der Waals surface area contributed by atoms with E-state index in [1.165, 1.54) is 38.5 Å². The van der Waals surface area contributed by atoms with Gasteiger partial charge in [0.1, 0.15) is 0 Å². The fourth-order valence-corrected chi connectivity index (χ4v) is 9.99. The predicted octanol–water partition coefficient (Wildman–Crippen LogP) is 7.57. The van der Waals surface area contributed by atoms with Crippen LogP contribution in [0.1, 0.15) is 124 Å². The predicted molar refractivity (Wildman–Crippen MR) is 141 cm³/mol. The van der Waals surface area contributed by atoms with E-state index in [4.69, 9.17) is 0 Å². The van der Waals surface area contributed by atoms with Gasteiger partial charge in [-0.2, -0.15) is 5.26 Å². The molecule has 0 saturated heterocycles. The fourth-order valence-electron chi connectivity index (χ4n) is 9.99. The van der Waals surface area contributed by atoms with Crippen LogP contribution in [0.2, 0.25) is 0 Å². The first-order valence-electron chi connectivity index (χ1n) is 15.1. The lowest BCUT2D eigenvalue weighted by molar-refractivity contribution is -0.0191. The first-order valence-corrected chi connectivity index (χ1v) is 15.1. The summed E-state index contributed by atoms with van der Waals surface area (Å²) < 4.78 is 0. The van der Waals surface area contributed by atoms with Crippen molar-refractivity contribution >= 4 is 0 Å². The summed E-state index contributed by atoms with van der Waals surface area (Å²) in [5.41, 5.74) is 1.36.